The zero-order valence-corrected chi connectivity index (χ0v) is 11.8. The SMILES string of the molecule is [N-]=[N+]=NCc1cn(-c2ccc(N3CCOCC3)c(F)c2)nn1. The van der Waals surface area contributed by atoms with Gasteiger partial charge in [-0.05, 0) is 17.7 Å². The topological polar surface area (TPSA) is 91.9 Å². The molecule has 0 N–H and O–H groups in total. The molecule has 0 atom stereocenters. The van der Waals surface area contributed by atoms with Crippen LogP contribution in [0.1, 0.15) is 5.69 Å². The lowest BCUT2D eigenvalue weighted by Gasteiger charge is -2.29. The summed E-state index contributed by atoms with van der Waals surface area (Å²) in [5.41, 5.74) is 9.93. The van der Waals surface area contributed by atoms with E-state index >= 15 is 0 Å². The summed E-state index contributed by atoms with van der Waals surface area (Å²) in [5.74, 6) is -0.313. The Labute approximate surface area is 125 Å². The summed E-state index contributed by atoms with van der Waals surface area (Å²) in [6.45, 7) is 2.68. The first-order valence-electron chi connectivity index (χ1n) is 6.82. The van der Waals surface area contributed by atoms with Crippen LogP contribution >= 0.6 is 0 Å². The van der Waals surface area contributed by atoms with E-state index in [1.54, 1.807) is 18.3 Å². The van der Waals surface area contributed by atoms with Crippen LogP contribution in [0.4, 0.5) is 10.1 Å². The molecule has 2 aromatic rings. The van der Waals surface area contributed by atoms with Crippen LogP contribution in [-0.4, -0.2) is 41.3 Å². The number of rotatable bonds is 4. The summed E-state index contributed by atoms with van der Waals surface area (Å²) in [6.07, 6.45) is 1.61. The molecular formula is C13H14FN7O. The number of nitrogens with zero attached hydrogens (tertiary/aromatic N) is 7. The Balaban J connectivity index is 1.81. The monoisotopic (exact) mass is 303 g/mol. The third kappa shape index (κ3) is 3.00. The maximum atomic E-state index is 14.3. The molecule has 0 amide bonds. The minimum Gasteiger partial charge on any atom is -0.378 e. The van der Waals surface area contributed by atoms with Gasteiger partial charge in [0.25, 0.3) is 0 Å². The molecule has 1 saturated heterocycles. The summed E-state index contributed by atoms with van der Waals surface area (Å²) in [5, 5.41) is 11.2. The predicted octanol–water partition coefficient (Wildman–Crippen LogP) is 2.05. The number of anilines is 1. The molecule has 9 heteroatoms. The molecule has 0 saturated carbocycles. The second-order valence-electron chi connectivity index (χ2n) is 4.78. The standard InChI is InChI=1S/C13H14FN7O/c14-12-7-11(21-9-10(17-19-21)8-16-18-15)1-2-13(12)20-3-5-22-6-4-20/h1-2,7,9H,3-6,8H2. The largest absolute Gasteiger partial charge is 0.378 e. The van der Waals surface area contributed by atoms with Gasteiger partial charge in [0.05, 0.1) is 43.0 Å². The summed E-state index contributed by atoms with van der Waals surface area (Å²) in [6, 6.07) is 4.92. The molecule has 1 aromatic heterocycles. The lowest BCUT2D eigenvalue weighted by atomic mass is 10.2. The molecule has 0 spiro atoms. The number of hydrogen-bond donors (Lipinski definition) is 0. The Kier molecular flexibility index (Phi) is 4.17. The van der Waals surface area contributed by atoms with Crippen molar-refractivity contribution < 1.29 is 9.13 Å². The van der Waals surface area contributed by atoms with Crippen LogP contribution in [0, 0.1) is 5.82 Å². The molecule has 8 nitrogen and oxygen atoms in total. The van der Waals surface area contributed by atoms with Gasteiger partial charge in [-0.15, -0.1) is 5.10 Å². The van der Waals surface area contributed by atoms with Crippen LogP contribution in [0.25, 0.3) is 16.1 Å². The summed E-state index contributed by atoms with van der Waals surface area (Å²) >= 11 is 0. The molecule has 114 valence electrons. The first kappa shape index (κ1) is 14.3. The fourth-order valence-corrected chi connectivity index (χ4v) is 2.30. The van der Waals surface area contributed by atoms with Crippen LogP contribution in [0.5, 0.6) is 0 Å². The highest BCUT2D eigenvalue weighted by molar-refractivity contribution is 5.52. The van der Waals surface area contributed by atoms with Crippen molar-refractivity contribution >= 4 is 5.69 Å². The van der Waals surface area contributed by atoms with Gasteiger partial charge in [-0.25, -0.2) is 9.07 Å². The van der Waals surface area contributed by atoms with Crippen molar-refractivity contribution in [1.29, 1.82) is 0 Å². The van der Waals surface area contributed by atoms with Crippen molar-refractivity contribution in [3.05, 3.63) is 46.3 Å². The molecule has 0 unspecified atom stereocenters. The van der Waals surface area contributed by atoms with Gasteiger partial charge in [0.2, 0.25) is 0 Å². The maximum Gasteiger partial charge on any atom is 0.148 e. The van der Waals surface area contributed by atoms with Crippen LogP contribution in [-0.2, 0) is 11.3 Å². The Morgan fingerprint density at radius 2 is 2.18 bits per heavy atom. The van der Waals surface area contributed by atoms with Gasteiger partial charge >= 0.3 is 0 Å². The zero-order chi connectivity index (χ0) is 15.4. The Morgan fingerprint density at radius 1 is 1.36 bits per heavy atom. The highest BCUT2D eigenvalue weighted by atomic mass is 19.1. The molecule has 1 aliphatic heterocycles. The highest BCUT2D eigenvalue weighted by Crippen LogP contribution is 2.23. The van der Waals surface area contributed by atoms with E-state index in [9.17, 15) is 4.39 Å². The number of aromatic nitrogens is 3. The fourth-order valence-electron chi connectivity index (χ4n) is 2.30. The van der Waals surface area contributed by atoms with Gasteiger partial charge in [-0.3, -0.25) is 0 Å². The van der Waals surface area contributed by atoms with Crippen molar-refractivity contribution in [1.82, 2.24) is 15.0 Å². The molecule has 0 radical (unpaired) electrons. The van der Waals surface area contributed by atoms with Gasteiger partial charge in [-0.1, -0.05) is 10.3 Å². The third-order valence-electron chi connectivity index (χ3n) is 3.38. The second kappa shape index (κ2) is 6.42. The number of hydrogen-bond acceptors (Lipinski definition) is 5. The predicted molar refractivity (Wildman–Crippen MR) is 77.2 cm³/mol. The van der Waals surface area contributed by atoms with E-state index in [2.05, 4.69) is 20.3 Å². The first-order valence-corrected chi connectivity index (χ1v) is 6.82. The zero-order valence-electron chi connectivity index (χ0n) is 11.8. The van der Waals surface area contributed by atoms with Gasteiger partial charge in [0.15, 0.2) is 0 Å². The number of azide groups is 1. The van der Waals surface area contributed by atoms with E-state index in [1.165, 1.54) is 10.7 Å². The number of morpholine rings is 1. The Bertz CT molecular complexity index is 704. The van der Waals surface area contributed by atoms with Crippen LogP contribution < -0.4 is 4.90 Å². The van der Waals surface area contributed by atoms with Gasteiger partial charge in [0.1, 0.15) is 5.82 Å². The molecule has 1 fully saturated rings. The van der Waals surface area contributed by atoms with Gasteiger partial charge in [-0.2, -0.15) is 0 Å². The van der Waals surface area contributed by atoms with Gasteiger partial charge in [0, 0.05) is 24.1 Å². The molecule has 22 heavy (non-hydrogen) atoms. The number of ether oxygens (including phenoxy) is 1. The van der Waals surface area contributed by atoms with Crippen molar-refractivity contribution in [2.24, 2.45) is 5.11 Å². The van der Waals surface area contributed by atoms with E-state index in [-0.39, 0.29) is 12.4 Å². The van der Waals surface area contributed by atoms with Crippen molar-refractivity contribution in [3.63, 3.8) is 0 Å². The lowest BCUT2D eigenvalue weighted by Crippen LogP contribution is -2.36. The quantitative estimate of drug-likeness (QED) is 0.491. The summed E-state index contributed by atoms with van der Waals surface area (Å²) in [4.78, 5) is 4.62. The molecule has 2 heterocycles. The highest BCUT2D eigenvalue weighted by Gasteiger charge is 2.16. The van der Waals surface area contributed by atoms with Crippen LogP contribution in [0.15, 0.2) is 29.5 Å². The van der Waals surface area contributed by atoms with Crippen LogP contribution in [0.2, 0.25) is 0 Å². The fraction of sp³-hybridized carbons (Fsp3) is 0.385. The molecule has 3 rings (SSSR count). The molecular weight excluding hydrogens is 289 g/mol. The van der Waals surface area contributed by atoms with E-state index in [0.717, 1.165) is 0 Å². The summed E-state index contributed by atoms with van der Waals surface area (Å²) in [7, 11) is 0. The average molecular weight is 303 g/mol. The van der Waals surface area contributed by atoms with E-state index in [4.69, 9.17) is 10.3 Å². The average Bonchev–Trinajstić information content (AvgIpc) is 3.02. The normalized spacial score (nSPS) is 14.7. The number of benzene rings is 1. The minimum absolute atomic E-state index is 0.116. The molecule has 0 aliphatic carbocycles. The third-order valence-corrected chi connectivity index (χ3v) is 3.38. The van der Waals surface area contributed by atoms with Crippen molar-refractivity contribution in [2.45, 2.75) is 6.54 Å². The van der Waals surface area contributed by atoms with Gasteiger partial charge < -0.3 is 9.64 Å². The number of halogens is 1. The molecule has 1 aliphatic rings. The Hall–Kier alpha value is -2.64. The smallest absolute Gasteiger partial charge is 0.148 e. The maximum absolute atomic E-state index is 14.3. The van der Waals surface area contributed by atoms with Crippen molar-refractivity contribution in [3.8, 4) is 5.69 Å². The lowest BCUT2D eigenvalue weighted by molar-refractivity contribution is 0.122. The van der Waals surface area contributed by atoms with E-state index in [1.807, 2.05) is 4.90 Å². The second-order valence-corrected chi connectivity index (χ2v) is 4.78. The van der Waals surface area contributed by atoms with E-state index in [0.29, 0.717) is 43.4 Å². The van der Waals surface area contributed by atoms with E-state index < -0.39 is 0 Å². The minimum atomic E-state index is -0.313. The van der Waals surface area contributed by atoms with Crippen molar-refractivity contribution in [2.75, 3.05) is 31.2 Å². The van der Waals surface area contributed by atoms with Crippen LogP contribution in [0.3, 0.4) is 0 Å². The Morgan fingerprint density at radius 3 is 2.91 bits per heavy atom. The first-order chi connectivity index (χ1) is 10.8. The summed E-state index contributed by atoms with van der Waals surface area (Å²) < 4.78 is 21.0. The molecule has 0 bridgehead atoms. The molecule has 1 aromatic carbocycles.